The minimum atomic E-state index is -0.434. The predicted octanol–water partition coefficient (Wildman–Crippen LogP) is 3.82. The first-order chi connectivity index (χ1) is 17.5. The molecule has 2 unspecified atom stereocenters. The van der Waals surface area contributed by atoms with Crippen LogP contribution in [0.4, 0.5) is 0 Å². The van der Waals surface area contributed by atoms with Gasteiger partial charge in [0.2, 0.25) is 0 Å². The number of aliphatic hydroxyl groups is 2. The Bertz CT molecular complexity index is 1540. The first-order valence-corrected chi connectivity index (χ1v) is 12.6. The van der Waals surface area contributed by atoms with Crippen LogP contribution in [-0.2, 0) is 6.54 Å². The summed E-state index contributed by atoms with van der Waals surface area (Å²) in [7, 11) is 0. The van der Waals surface area contributed by atoms with E-state index < -0.39 is 17.9 Å². The van der Waals surface area contributed by atoms with Gasteiger partial charge in [-0.15, -0.1) is 0 Å². The van der Waals surface area contributed by atoms with Crippen LogP contribution in [0.3, 0.4) is 0 Å². The van der Waals surface area contributed by atoms with Crippen molar-refractivity contribution < 1.29 is 19.8 Å². The van der Waals surface area contributed by atoms with E-state index in [1.807, 2.05) is 36.4 Å². The van der Waals surface area contributed by atoms with E-state index in [-0.39, 0.29) is 12.5 Å². The van der Waals surface area contributed by atoms with Crippen LogP contribution in [0.2, 0.25) is 5.02 Å². The maximum Gasteiger partial charge on any atom is 0.259 e. The van der Waals surface area contributed by atoms with Gasteiger partial charge in [0, 0.05) is 52.5 Å². The number of hydrogen-bond donors (Lipinski definition) is 4. The number of carbonyl (C=O) groups is 2. The van der Waals surface area contributed by atoms with Gasteiger partial charge in [-0.25, -0.2) is 0 Å². The first-order valence-electron chi connectivity index (χ1n) is 12.2. The molecule has 0 aliphatic carbocycles. The van der Waals surface area contributed by atoms with Crippen molar-refractivity contribution in [2.45, 2.75) is 31.4 Å². The Kier molecular flexibility index (Phi) is 5.80. The molecule has 1 fully saturated rings. The van der Waals surface area contributed by atoms with Gasteiger partial charge in [0.05, 0.1) is 22.7 Å². The lowest BCUT2D eigenvalue weighted by molar-refractivity contribution is 0.0880. The summed E-state index contributed by atoms with van der Waals surface area (Å²) in [5, 5.41) is 28.2. The van der Waals surface area contributed by atoms with E-state index in [0.29, 0.717) is 58.6 Å². The van der Waals surface area contributed by atoms with E-state index in [1.54, 1.807) is 6.07 Å². The molecule has 1 saturated heterocycles. The number of rotatable bonds is 5. The van der Waals surface area contributed by atoms with Gasteiger partial charge in [0.1, 0.15) is 0 Å². The van der Waals surface area contributed by atoms with Gasteiger partial charge in [0.15, 0.2) is 0 Å². The van der Waals surface area contributed by atoms with E-state index in [2.05, 4.69) is 21.3 Å². The lowest BCUT2D eigenvalue weighted by Crippen LogP contribution is -2.38. The van der Waals surface area contributed by atoms with Gasteiger partial charge in [-0.2, -0.15) is 0 Å². The van der Waals surface area contributed by atoms with Crippen LogP contribution in [0, 0.1) is 0 Å². The number of aromatic nitrogens is 1. The van der Waals surface area contributed by atoms with Crippen LogP contribution in [-0.4, -0.2) is 52.4 Å². The minimum Gasteiger partial charge on any atom is -0.396 e. The molecule has 3 aromatic carbocycles. The fourth-order valence-corrected chi connectivity index (χ4v) is 5.97. The number of carbonyl (C=O) groups excluding carboxylic acids is 2. The van der Waals surface area contributed by atoms with Gasteiger partial charge >= 0.3 is 0 Å². The normalized spacial score (nSPS) is 19.8. The van der Waals surface area contributed by atoms with E-state index >= 15 is 0 Å². The van der Waals surface area contributed by atoms with Crippen molar-refractivity contribution in [2.24, 2.45) is 0 Å². The van der Waals surface area contributed by atoms with Crippen molar-refractivity contribution in [1.29, 1.82) is 0 Å². The second-order valence-corrected chi connectivity index (χ2v) is 9.91. The lowest BCUT2D eigenvalue weighted by Gasteiger charge is -2.28. The average Bonchev–Trinajstić information content (AvgIpc) is 3.35. The standard InChI is InChI=1S/C28H26ClN3O4/c29-20-5-2-1-4-16(20)18-13-22-24(26-25(18)27(35)31-28(26)36)17-7-6-15(19-14-30-9-8-23(19)34)12-21(17)32(22)10-3-11-33/h1-2,4-7,12-13,19,23,30,33-34H,3,8-11,14H2,(H,31,35,36). The highest BCUT2D eigenvalue weighted by Gasteiger charge is 2.35. The second-order valence-electron chi connectivity index (χ2n) is 9.50. The second kappa shape index (κ2) is 9.01. The molecule has 8 heteroatoms. The van der Waals surface area contributed by atoms with Gasteiger partial charge < -0.3 is 20.1 Å². The first kappa shape index (κ1) is 23.2. The molecule has 0 saturated carbocycles. The van der Waals surface area contributed by atoms with Crippen LogP contribution >= 0.6 is 11.6 Å². The Morgan fingerprint density at radius 3 is 2.58 bits per heavy atom. The number of amides is 2. The molecule has 36 heavy (non-hydrogen) atoms. The van der Waals surface area contributed by atoms with Crippen LogP contribution in [0.15, 0.2) is 48.5 Å². The molecule has 2 aliphatic heterocycles. The van der Waals surface area contributed by atoms with Crippen molar-refractivity contribution in [3.8, 4) is 11.1 Å². The number of fused-ring (bicyclic) bond motifs is 5. The molecule has 0 radical (unpaired) electrons. The number of benzene rings is 3. The fourth-order valence-electron chi connectivity index (χ4n) is 5.74. The van der Waals surface area contributed by atoms with Crippen molar-refractivity contribution in [3.05, 3.63) is 70.2 Å². The third kappa shape index (κ3) is 3.54. The smallest absolute Gasteiger partial charge is 0.259 e. The van der Waals surface area contributed by atoms with Crippen LogP contribution in [0.5, 0.6) is 0 Å². The quantitative estimate of drug-likeness (QED) is 0.310. The third-order valence-electron chi connectivity index (χ3n) is 7.44. The van der Waals surface area contributed by atoms with E-state index in [9.17, 15) is 19.8 Å². The maximum atomic E-state index is 13.1. The Labute approximate surface area is 212 Å². The summed E-state index contributed by atoms with van der Waals surface area (Å²) in [5.41, 5.74) is 4.68. The summed E-state index contributed by atoms with van der Waals surface area (Å²) in [5.74, 6) is -0.899. The number of aliphatic hydroxyl groups excluding tert-OH is 2. The molecular formula is C28H26ClN3O4. The molecule has 7 nitrogen and oxygen atoms in total. The van der Waals surface area contributed by atoms with E-state index in [4.69, 9.17) is 11.6 Å². The zero-order valence-electron chi connectivity index (χ0n) is 19.6. The van der Waals surface area contributed by atoms with Crippen LogP contribution < -0.4 is 10.6 Å². The molecule has 2 amide bonds. The van der Waals surface area contributed by atoms with Crippen molar-refractivity contribution in [2.75, 3.05) is 19.7 Å². The number of nitrogens with zero attached hydrogens (tertiary/aromatic N) is 1. The highest BCUT2D eigenvalue weighted by Crippen LogP contribution is 2.42. The summed E-state index contributed by atoms with van der Waals surface area (Å²) < 4.78 is 2.10. The number of imide groups is 1. The lowest BCUT2D eigenvalue weighted by atomic mass is 9.88. The van der Waals surface area contributed by atoms with E-state index in [1.165, 1.54) is 0 Å². The maximum absolute atomic E-state index is 13.1. The summed E-state index contributed by atoms with van der Waals surface area (Å²) in [6, 6.07) is 15.3. The molecule has 2 atom stereocenters. The third-order valence-corrected chi connectivity index (χ3v) is 7.77. The fraction of sp³-hybridized carbons (Fsp3) is 0.286. The monoisotopic (exact) mass is 503 g/mol. The summed E-state index contributed by atoms with van der Waals surface area (Å²) >= 11 is 6.53. The Hall–Kier alpha value is -3.23. The SMILES string of the molecule is O=C1NC(=O)c2c1c(-c1ccccc1Cl)cc1c2c2ccc(C3CNCCC3O)cc2n1CCCO. The molecule has 4 N–H and O–H groups in total. The zero-order chi connectivity index (χ0) is 25.0. The van der Waals surface area contributed by atoms with Crippen LogP contribution in [0.1, 0.15) is 45.0 Å². The highest BCUT2D eigenvalue weighted by molar-refractivity contribution is 6.36. The van der Waals surface area contributed by atoms with Crippen molar-refractivity contribution in [3.63, 3.8) is 0 Å². The Balaban J connectivity index is 1.68. The predicted molar refractivity (Wildman–Crippen MR) is 140 cm³/mol. The topological polar surface area (TPSA) is 104 Å². The molecule has 2 aliphatic rings. The molecule has 1 aromatic heterocycles. The summed E-state index contributed by atoms with van der Waals surface area (Å²) in [6.45, 7) is 2.03. The number of nitrogens with one attached hydrogen (secondary N) is 2. The molecular weight excluding hydrogens is 478 g/mol. The van der Waals surface area contributed by atoms with Gasteiger partial charge in [-0.1, -0.05) is 41.9 Å². The largest absolute Gasteiger partial charge is 0.396 e. The number of halogens is 1. The molecule has 0 spiro atoms. The average molecular weight is 504 g/mol. The zero-order valence-corrected chi connectivity index (χ0v) is 20.3. The molecule has 0 bridgehead atoms. The van der Waals surface area contributed by atoms with Gasteiger partial charge in [-0.3, -0.25) is 14.9 Å². The van der Waals surface area contributed by atoms with E-state index in [0.717, 1.165) is 28.5 Å². The van der Waals surface area contributed by atoms with Crippen molar-refractivity contribution in [1.82, 2.24) is 15.2 Å². The number of hydrogen-bond acceptors (Lipinski definition) is 5. The summed E-state index contributed by atoms with van der Waals surface area (Å²) in [4.78, 5) is 26.1. The van der Waals surface area contributed by atoms with Gasteiger partial charge in [0.25, 0.3) is 11.8 Å². The molecule has 6 rings (SSSR count). The molecule has 4 aromatic rings. The number of aryl methyl sites for hydroxylation is 1. The van der Waals surface area contributed by atoms with Crippen LogP contribution in [0.25, 0.3) is 32.9 Å². The highest BCUT2D eigenvalue weighted by atomic mass is 35.5. The minimum absolute atomic E-state index is 0.0212. The summed E-state index contributed by atoms with van der Waals surface area (Å²) in [6.07, 6.45) is 0.784. The van der Waals surface area contributed by atoms with Gasteiger partial charge in [-0.05, 0) is 48.7 Å². The Morgan fingerprint density at radius 1 is 1.00 bits per heavy atom. The van der Waals surface area contributed by atoms with Crippen molar-refractivity contribution >= 4 is 45.2 Å². The molecule has 184 valence electrons. The number of piperidine rings is 1. The Morgan fingerprint density at radius 2 is 1.81 bits per heavy atom. The molecule has 3 heterocycles.